The maximum Gasteiger partial charge on any atom is 0.292 e. The second kappa shape index (κ2) is 5.84. The average molecular weight is 312 g/mol. The standard InChI is InChI=1S/C19H24N2O2/c1-12-8-13(10-19(2,3)9-12)21-18(23)17(22)15-11-20-16-7-5-4-6-14(15)16/h4-7,11-13,20H,8-10H2,1-3H3,(H,21,23)/t12-,13-/m1/s1. The highest BCUT2D eigenvalue weighted by Crippen LogP contribution is 2.38. The van der Waals surface area contributed by atoms with Crippen LogP contribution in [-0.2, 0) is 4.79 Å². The van der Waals surface area contributed by atoms with Gasteiger partial charge in [0, 0.05) is 23.1 Å². The molecule has 122 valence electrons. The monoisotopic (exact) mass is 312 g/mol. The highest BCUT2D eigenvalue weighted by molar-refractivity contribution is 6.45. The number of carbonyl (C=O) groups excluding carboxylic acids is 2. The van der Waals surface area contributed by atoms with E-state index in [9.17, 15) is 9.59 Å². The van der Waals surface area contributed by atoms with E-state index < -0.39 is 11.7 Å². The zero-order chi connectivity index (χ0) is 16.6. The minimum Gasteiger partial charge on any atom is -0.360 e. The number of fused-ring (bicyclic) bond motifs is 1. The average Bonchev–Trinajstić information content (AvgIpc) is 2.88. The van der Waals surface area contributed by atoms with Crippen molar-refractivity contribution in [1.82, 2.24) is 10.3 Å². The molecule has 0 radical (unpaired) electrons. The number of rotatable bonds is 3. The van der Waals surface area contributed by atoms with Crippen LogP contribution in [0.5, 0.6) is 0 Å². The molecule has 0 bridgehead atoms. The number of aromatic amines is 1. The molecule has 23 heavy (non-hydrogen) atoms. The molecule has 1 amide bonds. The van der Waals surface area contributed by atoms with Crippen LogP contribution in [0.25, 0.3) is 10.9 Å². The Bertz CT molecular complexity index is 745. The van der Waals surface area contributed by atoms with Crippen molar-refractivity contribution >= 4 is 22.6 Å². The maximum absolute atomic E-state index is 12.5. The maximum atomic E-state index is 12.5. The zero-order valence-electron chi connectivity index (χ0n) is 14.0. The van der Waals surface area contributed by atoms with Gasteiger partial charge < -0.3 is 10.3 Å². The summed E-state index contributed by atoms with van der Waals surface area (Å²) in [4.78, 5) is 27.9. The highest BCUT2D eigenvalue weighted by Gasteiger charge is 2.33. The zero-order valence-corrected chi connectivity index (χ0v) is 14.0. The van der Waals surface area contributed by atoms with Crippen molar-refractivity contribution in [1.29, 1.82) is 0 Å². The van der Waals surface area contributed by atoms with E-state index in [1.54, 1.807) is 6.20 Å². The second-order valence-corrected chi connectivity index (χ2v) is 7.66. The number of para-hydroxylation sites is 1. The number of hydrogen-bond donors (Lipinski definition) is 2. The SMILES string of the molecule is C[C@@H]1C[C@@H](NC(=O)C(=O)c2c[nH]c3ccccc23)CC(C)(C)C1. The largest absolute Gasteiger partial charge is 0.360 e. The Morgan fingerprint density at radius 2 is 1.96 bits per heavy atom. The van der Waals surface area contributed by atoms with Gasteiger partial charge >= 0.3 is 0 Å². The van der Waals surface area contributed by atoms with Crippen LogP contribution >= 0.6 is 0 Å². The van der Waals surface area contributed by atoms with Gasteiger partial charge in [0.05, 0.1) is 5.56 Å². The first-order valence-electron chi connectivity index (χ1n) is 8.27. The summed E-state index contributed by atoms with van der Waals surface area (Å²) >= 11 is 0. The van der Waals surface area contributed by atoms with E-state index in [4.69, 9.17) is 0 Å². The number of Topliss-reactive ketones (excluding diaryl/α,β-unsaturated/α-hetero) is 1. The Morgan fingerprint density at radius 3 is 2.70 bits per heavy atom. The smallest absolute Gasteiger partial charge is 0.292 e. The summed E-state index contributed by atoms with van der Waals surface area (Å²) in [7, 11) is 0. The molecule has 3 rings (SSSR count). The fourth-order valence-electron chi connectivity index (χ4n) is 4.09. The molecule has 2 N–H and O–H groups in total. The number of hydrogen-bond acceptors (Lipinski definition) is 2. The lowest BCUT2D eigenvalue weighted by Gasteiger charge is -2.39. The molecule has 1 saturated carbocycles. The van der Waals surface area contributed by atoms with Crippen LogP contribution in [0, 0.1) is 11.3 Å². The molecule has 1 fully saturated rings. The molecule has 1 aromatic carbocycles. The predicted molar refractivity (Wildman–Crippen MR) is 91.4 cm³/mol. The Kier molecular flexibility index (Phi) is 4.00. The molecule has 1 heterocycles. The van der Waals surface area contributed by atoms with Crippen LogP contribution in [0.2, 0.25) is 0 Å². The molecule has 0 unspecified atom stereocenters. The fraction of sp³-hybridized carbons (Fsp3) is 0.474. The molecule has 2 atom stereocenters. The molecule has 0 spiro atoms. The van der Waals surface area contributed by atoms with Crippen LogP contribution in [0.15, 0.2) is 30.5 Å². The van der Waals surface area contributed by atoms with Gasteiger partial charge in [0.15, 0.2) is 0 Å². The lowest BCUT2D eigenvalue weighted by Crippen LogP contribution is -2.45. The van der Waals surface area contributed by atoms with Gasteiger partial charge in [-0.3, -0.25) is 9.59 Å². The van der Waals surface area contributed by atoms with Gasteiger partial charge in [-0.25, -0.2) is 0 Å². The van der Waals surface area contributed by atoms with E-state index >= 15 is 0 Å². The van der Waals surface area contributed by atoms with Gasteiger partial charge in [-0.05, 0) is 36.7 Å². The van der Waals surface area contributed by atoms with E-state index in [0.29, 0.717) is 11.5 Å². The Morgan fingerprint density at radius 1 is 1.22 bits per heavy atom. The molecule has 4 nitrogen and oxygen atoms in total. The van der Waals surface area contributed by atoms with E-state index in [0.717, 1.165) is 30.2 Å². The fourth-order valence-corrected chi connectivity index (χ4v) is 4.09. The van der Waals surface area contributed by atoms with Crippen molar-refractivity contribution in [2.75, 3.05) is 0 Å². The summed E-state index contributed by atoms with van der Waals surface area (Å²) in [5, 5.41) is 3.75. The number of amides is 1. The van der Waals surface area contributed by atoms with Crippen LogP contribution in [0.1, 0.15) is 50.4 Å². The first kappa shape index (κ1) is 15.8. The number of carbonyl (C=O) groups is 2. The number of nitrogens with one attached hydrogen (secondary N) is 2. The lowest BCUT2D eigenvalue weighted by atomic mass is 9.70. The summed E-state index contributed by atoms with van der Waals surface area (Å²) in [6, 6.07) is 7.61. The summed E-state index contributed by atoms with van der Waals surface area (Å²) in [5.74, 6) is -0.393. The molecule has 1 aromatic heterocycles. The van der Waals surface area contributed by atoms with E-state index in [1.807, 2.05) is 24.3 Å². The van der Waals surface area contributed by atoms with Gasteiger partial charge in [0.2, 0.25) is 0 Å². The van der Waals surface area contributed by atoms with Gasteiger partial charge in [0.25, 0.3) is 11.7 Å². The topological polar surface area (TPSA) is 62.0 Å². The summed E-state index contributed by atoms with van der Waals surface area (Å²) in [6.07, 6.45) is 4.65. The van der Waals surface area contributed by atoms with Gasteiger partial charge in [-0.15, -0.1) is 0 Å². The van der Waals surface area contributed by atoms with Gasteiger partial charge in [-0.1, -0.05) is 39.0 Å². The second-order valence-electron chi connectivity index (χ2n) is 7.66. The molecule has 1 aliphatic rings. The minimum atomic E-state index is -0.496. The van der Waals surface area contributed by atoms with Crippen LogP contribution in [-0.4, -0.2) is 22.7 Å². The van der Waals surface area contributed by atoms with Crippen molar-refractivity contribution in [3.05, 3.63) is 36.0 Å². The van der Waals surface area contributed by atoms with Crippen LogP contribution < -0.4 is 5.32 Å². The van der Waals surface area contributed by atoms with Crippen molar-refractivity contribution in [3.8, 4) is 0 Å². The molecule has 0 saturated heterocycles. The normalized spacial score (nSPS) is 23.6. The van der Waals surface area contributed by atoms with E-state index in [-0.39, 0.29) is 11.5 Å². The first-order valence-corrected chi connectivity index (χ1v) is 8.27. The molecular weight excluding hydrogens is 288 g/mol. The lowest BCUT2D eigenvalue weighted by molar-refractivity contribution is -0.118. The number of H-pyrrole nitrogens is 1. The Hall–Kier alpha value is -2.10. The predicted octanol–water partition coefficient (Wildman–Crippen LogP) is 3.68. The number of benzene rings is 1. The summed E-state index contributed by atoms with van der Waals surface area (Å²) in [6.45, 7) is 6.66. The third kappa shape index (κ3) is 3.31. The molecule has 1 aliphatic carbocycles. The summed E-state index contributed by atoms with van der Waals surface area (Å²) in [5.41, 5.74) is 1.52. The van der Waals surface area contributed by atoms with Crippen LogP contribution in [0.4, 0.5) is 0 Å². The van der Waals surface area contributed by atoms with Crippen molar-refractivity contribution in [2.45, 2.75) is 46.1 Å². The Labute approximate surface area is 136 Å². The quantitative estimate of drug-likeness (QED) is 0.671. The Balaban J connectivity index is 1.74. The highest BCUT2D eigenvalue weighted by atomic mass is 16.2. The molecule has 0 aliphatic heterocycles. The minimum absolute atomic E-state index is 0.0791. The van der Waals surface area contributed by atoms with Crippen molar-refractivity contribution in [3.63, 3.8) is 0 Å². The molecule has 2 aromatic rings. The van der Waals surface area contributed by atoms with Crippen molar-refractivity contribution < 1.29 is 9.59 Å². The van der Waals surface area contributed by atoms with Crippen LogP contribution in [0.3, 0.4) is 0 Å². The third-order valence-electron chi connectivity index (χ3n) is 4.76. The van der Waals surface area contributed by atoms with Gasteiger partial charge in [-0.2, -0.15) is 0 Å². The molecule has 4 heteroatoms. The van der Waals surface area contributed by atoms with Crippen molar-refractivity contribution in [2.24, 2.45) is 11.3 Å². The van der Waals surface area contributed by atoms with E-state index in [1.165, 1.54) is 0 Å². The molecular formula is C19H24N2O2. The summed E-state index contributed by atoms with van der Waals surface area (Å²) < 4.78 is 0. The van der Waals surface area contributed by atoms with E-state index in [2.05, 4.69) is 31.1 Å². The van der Waals surface area contributed by atoms with Gasteiger partial charge in [0.1, 0.15) is 0 Å². The third-order valence-corrected chi connectivity index (χ3v) is 4.76. The number of aromatic nitrogens is 1. The first-order chi connectivity index (χ1) is 10.9. The number of ketones is 1.